The molecule has 1 fully saturated rings. The van der Waals surface area contributed by atoms with Crippen molar-refractivity contribution in [3.05, 3.63) is 84.4 Å². The second-order valence-electron chi connectivity index (χ2n) is 7.99. The van der Waals surface area contributed by atoms with Gasteiger partial charge in [0, 0.05) is 19.0 Å². The summed E-state index contributed by atoms with van der Waals surface area (Å²) in [6, 6.07) is 10.5. The van der Waals surface area contributed by atoms with Gasteiger partial charge in [-0.15, -0.1) is 0 Å². The average molecular weight is 346 g/mol. The minimum Gasteiger partial charge on any atom is -0.331 e. The smallest absolute Gasteiger partial charge is 0.272 e. The van der Waals surface area contributed by atoms with Crippen molar-refractivity contribution in [1.29, 1.82) is 0 Å². The van der Waals surface area contributed by atoms with Gasteiger partial charge in [0.25, 0.3) is 5.91 Å². The van der Waals surface area contributed by atoms with Crippen LogP contribution in [-0.2, 0) is 18.5 Å². The number of nitrogens with zero attached hydrogens (tertiary/aromatic N) is 3. The fraction of sp³-hybridized carbons (Fsp3) is 0.318. The number of fused-ring (bicyclic) bond motifs is 1. The van der Waals surface area contributed by atoms with Gasteiger partial charge in [-0.1, -0.05) is 45.0 Å². The fourth-order valence-corrected chi connectivity index (χ4v) is 3.41. The van der Waals surface area contributed by atoms with Crippen LogP contribution in [0.15, 0.2) is 30.3 Å². The Morgan fingerprint density at radius 1 is 1.04 bits per heavy atom. The Morgan fingerprint density at radius 3 is 2.38 bits per heavy atom. The molecule has 4 nitrogen and oxygen atoms in total. The predicted molar refractivity (Wildman–Crippen MR) is 102 cm³/mol. The molecule has 1 aromatic carbocycles. The highest BCUT2D eigenvalue weighted by Crippen LogP contribution is 2.30. The van der Waals surface area contributed by atoms with Crippen LogP contribution >= 0.6 is 0 Å². The Morgan fingerprint density at radius 2 is 1.73 bits per heavy atom. The van der Waals surface area contributed by atoms with Gasteiger partial charge in [0.15, 0.2) is 0 Å². The third-order valence-electron chi connectivity index (χ3n) is 5.02. The van der Waals surface area contributed by atoms with Crippen molar-refractivity contribution in [2.45, 2.75) is 39.3 Å². The lowest BCUT2D eigenvalue weighted by Gasteiger charge is -2.28. The van der Waals surface area contributed by atoms with Crippen LogP contribution in [0.4, 0.5) is 0 Å². The van der Waals surface area contributed by atoms with E-state index in [0.29, 0.717) is 18.8 Å². The van der Waals surface area contributed by atoms with Gasteiger partial charge in [-0.25, -0.2) is 0 Å². The molecule has 2 aliphatic rings. The molecule has 0 unspecified atom stereocenters. The normalized spacial score (nSPS) is 18.4. The van der Waals surface area contributed by atoms with Crippen LogP contribution in [-0.4, -0.2) is 27.1 Å². The molecule has 1 aromatic heterocycles. The Kier molecular flexibility index (Phi) is 4.37. The van der Waals surface area contributed by atoms with Crippen LogP contribution in [0.5, 0.6) is 0 Å². The number of hydrogen-bond acceptors (Lipinski definition) is 2. The lowest BCUT2D eigenvalue weighted by Crippen LogP contribution is -2.39. The number of rotatable bonds is 3. The molecule has 1 aliphatic heterocycles. The second-order valence-corrected chi connectivity index (χ2v) is 7.99. The third kappa shape index (κ3) is 3.29. The van der Waals surface area contributed by atoms with Crippen LogP contribution in [0.1, 0.15) is 48.1 Å². The van der Waals surface area contributed by atoms with Crippen molar-refractivity contribution in [2.75, 3.05) is 6.54 Å². The van der Waals surface area contributed by atoms with E-state index in [4.69, 9.17) is 0 Å². The van der Waals surface area contributed by atoms with E-state index in [1.807, 2.05) is 41.3 Å². The number of aromatic nitrogens is 2. The molecule has 5 radical (unpaired) electrons. The van der Waals surface area contributed by atoms with E-state index in [1.54, 1.807) is 0 Å². The van der Waals surface area contributed by atoms with E-state index in [-0.39, 0.29) is 11.3 Å². The van der Waals surface area contributed by atoms with Gasteiger partial charge >= 0.3 is 0 Å². The summed E-state index contributed by atoms with van der Waals surface area (Å²) in [6.07, 6.45) is 8.02. The van der Waals surface area contributed by atoms with Gasteiger partial charge in [-0.3, -0.25) is 9.48 Å². The van der Waals surface area contributed by atoms with E-state index >= 15 is 0 Å². The highest BCUT2D eigenvalue weighted by atomic mass is 16.2. The molecular formula is C22H24N3O. The maximum atomic E-state index is 12.9. The summed E-state index contributed by atoms with van der Waals surface area (Å²) >= 11 is 0. The van der Waals surface area contributed by atoms with Gasteiger partial charge in [0.2, 0.25) is 0 Å². The largest absolute Gasteiger partial charge is 0.331 e. The standard InChI is InChI=1S/C22H24N3O/c1-22(2,3)18-10-8-16(9-11-18)15-24-12-13-25-20(21(24)26)14-19(23-25)17-6-4-5-7-17/h4-11,14H,12-13,15H2,1-3H3. The molecule has 2 aromatic rings. The Hall–Kier alpha value is -2.10. The summed E-state index contributed by atoms with van der Waals surface area (Å²) < 4.78 is 1.84. The number of hydrogen-bond donors (Lipinski definition) is 0. The minimum atomic E-state index is 0.0569. The minimum absolute atomic E-state index is 0.0569. The molecule has 4 heteroatoms. The summed E-state index contributed by atoms with van der Waals surface area (Å²) in [5, 5.41) is 4.59. The number of carbonyl (C=O) groups is 1. The molecule has 0 atom stereocenters. The number of carbonyl (C=O) groups excluding carboxylic acids is 1. The molecule has 1 aliphatic carbocycles. The molecule has 0 saturated heterocycles. The number of benzene rings is 1. The highest BCUT2D eigenvalue weighted by Gasteiger charge is 2.29. The quantitative estimate of drug-likeness (QED) is 0.852. The number of amides is 1. The first-order chi connectivity index (χ1) is 12.4. The van der Waals surface area contributed by atoms with E-state index in [9.17, 15) is 4.79 Å². The third-order valence-corrected chi connectivity index (χ3v) is 5.02. The molecule has 26 heavy (non-hydrogen) atoms. The molecule has 133 valence electrons. The second kappa shape index (κ2) is 6.57. The van der Waals surface area contributed by atoms with Crippen molar-refractivity contribution >= 4 is 5.91 Å². The van der Waals surface area contributed by atoms with Crippen molar-refractivity contribution in [3.63, 3.8) is 0 Å². The summed E-state index contributed by atoms with van der Waals surface area (Å²) in [5.74, 6) is 1.12. The van der Waals surface area contributed by atoms with Crippen LogP contribution < -0.4 is 0 Å². The van der Waals surface area contributed by atoms with Crippen LogP contribution in [0.2, 0.25) is 0 Å². The summed E-state index contributed by atoms with van der Waals surface area (Å²) in [4.78, 5) is 14.8. The van der Waals surface area contributed by atoms with E-state index in [0.717, 1.165) is 23.7 Å². The zero-order valence-electron chi connectivity index (χ0n) is 15.6. The lowest BCUT2D eigenvalue weighted by atomic mass is 9.87. The monoisotopic (exact) mass is 346 g/mol. The Bertz CT molecular complexity index is 792. The van der Waals surface area contributed by atoms with Crippen LogP contribution in [0, 0.1) is 31.6 Å². The zero-order chi connectivity index (χ0) is 18.3. The topological polar surface area (TPSA) is 38.1 Å². The van der Waals surface area contributed by atoms with Gasteiger partial charge < -0.3 is 4.90 Å². The first-order valence-corrected chi connectivity index (χ1v) is 9.10. The Balaban J connectivity index is 1.48. The highest BCUT2D eigenvalue weighted by molar-refractivity contribution is 5.93. The average Bonchev–Trinajstić information content (AvgIpc) is 3.26. The maximum absolute atomic E-state index is 12.9. The van der Waals surface area contributed by atoms with Crippen LogP contribution in [0.25, 0.3) is 0 Å². The predicted octanol–water partition coefficient (Wildman–Crippen LogP) is 3.59. The first-order valence-electron chi connectivity index (χ1n) is 9.10. The van der Waals surface area contributed by atoms with Crippen molar-refractivity contribution < 1.29 is 4.79 Å². The Labute approximate surface area is 156 Å². The van der Waals surface area contributed by atoms with E-state index in [2.05, 4.69) is 50.1 Å². The first kappa shape index (κ1) is 17.3. The zero-order valence-corrected chi connectivity index (χ0v) is 15.6. The van der Waals surface area contributed by atoms with Crippen LogP contribution in [0.3, 0.4) is 0 Å². The van der Waals surface area contributed by atoms with Gasteiger partial charge in [-0.2, -0.15) is 5.10 Å². The van der Waals surface area contributed by atoms with Crippen molar-refractivity contribution in [2.24, 2.45) is 0 Å². The molecule has 1 amide bonds. The van der Waals surface area contributed by atoms with Gasteiger partial charge in [-0.05, 0) is 48.3 Å². The van der Waals surface area contributed by atoms with E-state index in [1.165, 1.54) is 5.56 Å². The van der Waals surface area contributed by atoms with Gasteiger partial charge in [0.05, 0.1) is 12.2 Å². The van der Waals surface area contributed by atoms with Crippen molar-refractivity contribution in [3.8, 4) is 0 Å². The van der Waals surface area contributed by atoms with E-state index < -0.39 is 0 Å². The lowest BCUT2D eigenvalue weighted by molar-refractivity contribution is 0.0683. The SMILES string of the molecule is CC(C)(C)c1ccc(CN2CCn3nc([C]4[CH][CH][CH][CH]4)cc3C2=O)cc1. The fourth-order valence-electron chi connectivity index (χ4n) is 3.41. The molecule has 0 spiro atoms. The molecular weight excluding hydrogens is 322 g/mol. The molecule has 2 heterocycles. The maximum Gasteiger partial charge on any atom is 0.272 e. The molecule has 0 bridgehead atoms. The van der Waals surface area contributed by atoms with Gasteiger partial charge in [0.1, 0.15) is 5.69 Å². The summed E-state index contributed by atoms with van der Waals surface area (Å²) in [5.41, 5.74) is 4.16. The summed E-state index contributed by atoms with van der Waals surface area (Å²) in [6.45, 7) is 8.70. The summed E-state index contributed by atoms with van der Waals surface area (Å²) in [7, 11) is 0. The van der Waals surface area contributed by atoms with Crippen molar-refractivity contribution in [1.82, 2.24) is 14.7 Å². The molecule has 1 saturated carbocycles. The molecule has 0 N–H and O–H groups in total. The molecule has 4 rings (SSSR count).